The number of nitrogen functional groups attached to an aromatic ring is 1. The number of hydrogen-bond acceptors (Lipinski definition) is 4. The minimum Gasteiger partial charge on any atom is -0.396 e. The molecule has 0 amide bonds. The number of sulfone groups is 1. The number of benzene rings is 2. The second kappa shape index (κ2) is 5.73. The molecule has 21 heavy (non-hydrogen) atoms. The molecule has 0 atom stereocenters. The number of para-hydroxylation sites is 1. The molecule has 112 valence electrons. The summed E-state index contributed by atoms with van der Waals surface area (Å²) in [6.45, 7) is 2.49. The van der Waals surface area contributed by atoms with Crippen LogP contribution in [0, 0.1) is 5.82 Å². The predicted octanol–water partition coefficient (Wildman–Crippen LogP) is 2.97. The number of hydrogen-bond donors (Lipinski definition) is 1. The van der Waals surface area contributed by atoms with Crippen LogP contribution in [-0.2, 0) is 9.84 Å². The lowest BCUT2D eigenvalue weighted by molar-refractivity contribution is 0.602. The van der Waals surface area contributed by atoms with Crippen LogP contribution in [0.3, 0.4) is 0 Å². The van der Waals surface area contributed by atoms with E-state index in [1.165, 1.54) is 18.2 Å². The van der Waals surface area contributed by atoms with Crippen molar-refractivity contribution < 1.29 is 12.8 Å². The van der Waals surface area contributed by atoms with Crippen molar-refractivity contribution >= 4 is 26.9 Å². The standard InChI is InChI=1S/C15H17FN2O2S/c1-3-18(12-9-7-11(16)8-10-12)13-5-4-6-14(15(13)17)21(2,19)20/h4-10H,3,17H2,1-2H3. The van der Waals surface area contributed by atoms with Gasteiger partial charge in [-0.05, 0) is 43.3 Å². The van der Waals surface area contributed by atoms with Gasteiger partial charge in [-0.2, -0.15) is 0 Å². The topological polar surface area (TPSA) is 63.4 Å². The molecule has 0 aliphatic rings. The molecule has 0 aromatic heterocycles. The average molecular weight is 308 g/mol. The summed E-state index contributed by atoms with van der Waals surface area (Å²) in [6.07, 6.45) is 1.12. The molecule has 0 fully saturated rings. The van der Waals surface area contributed by atoms with Gasteiger partial charge in [-0.25, -0.2) is 12.8 Å². The average Bonchev–Trinajstić information content (AvgIpc) is 2.42. The Hall–Kier alpha value is -2.08. The van der Waals surface area contributed by atoms with Crippen molar-refractivity contribution in [2.45, 2.75) is 11.8 Å². The summed E-state index contributed by atoms with van der Waals surface area (Å²) in [4.78, 5) is 1.93. The van der Waals surface area contributed by atoms with Crippen molar-refractivity contribution in [3.05, 3.63) is 48.3 Å². The first-order valence-corrected chi connectivity index (χ1v) is 8.35. The molecule has 0 aliphatic heterocycles. The third kappa shape index (κ3) is 3.16. The molecule has 4 nitrogen and oxygen atoms in total. The van der Waals surface area contributed by atoms with E-state index < -0.39 is 9.84 Å². The number of nitrogens with zero attached hydrogens (tertiary/aromatic N) is 1. The third-order valence-corrected chi connectivity index (χ3v) is 4.34. The Kier molecular flexibility index (Phi) is 4.18. The van der Waals surface area contributed by atoms with E-state index in [0.29, 0.717) is 12.2 Å². The van der Waals surface area contributed by atoms with Crippen molar-refractivity contribution in [3.8, 4) is 0 Å². The summed E-state index contributed by atoms with van der Waals surface area (Å²) < 4.78 is 36.5. The molecule has 2 N–H and O–H groups in total. The van der Waals surface area contributed by atoms with Crippen LogP contribution in [0.2, 0.25) is 0 Å². The summed E-state index contributed by atoms with van der Waals surface area (Å²) in [7, 11) is -3.40. The van der Waals surface area contributed by atoms with Gasteiger partial charge in [-0.1, -0.05) is 6.07 Å². The van der Waals surface area contributed by atoms with E-state index in [1.807, 2.05) is 11.8 Å². The van der Waals surface area contributed by atoms with Crippen molar-refractivity contribution in [2.75, 3.05) is 23.4 Å². The van der Waals surface area contributed by atoms with Gasteiger partial charge in [0.25, 0.3) is 0 Å². The van der Waals surface area contributed by atoms with Gasteiger partial charge < -0.3 is 10.6 Å². The number of anilines is 3. The fourth-order valence-electron chi connectivity index (χ4n) is 2.20. The van der Waals surface area contributed by atoms with Crippen LogP contribution >= 0.6 is 0 Å². The number of nitrogens with two attached hydrogens (primary N) is 1. The molecule has 0 aliphatic carbocycles. The Bertz CT molecular complexity index is 743. The molecule has 2 rings (SSSR count). The van der Waals surface area contributed by atoms with Gasteiger partial charge in [-0.15, -0.1) is 0 Å². The largest absolute Gasteiger partial charge is 0.396 e. The summed E-state index contributed by atoms with van der Waals surface area (Å²) in [5, 5.41) is 0. The van der Waals surface area contributed by atoms with Gasteiger partial charge in [0.2, 0.25) is 0 Å². The first-order valence-electron chi connectivity index (χ1n) is 6.46. The van der Waals surface area contributed by atoms with Crippen molar-refractivity contribution in [1.82, 2.24) is 0 Å². The summed E-state index contributed by atoms with van der Waals surface area (Å²) in [5.74, 6) is -0.326. The fraction of sp³-hybridized carbons (Fsp3) is 0.200. The molecule has 0 heterocycles. The lowest BCUT2D eigenvalue weighted by atomic mass is 10.2. The maximum atomic E-state index is 13.0. The van der Waals surface area contributed by atoms with E-state index in [-0.39, 0.29) is 16.4 Å². The van der Waals surface area contributed by atoms with Gasteiger partial charge in [0, 0.05) is 18.5 Å². The van der Waals surface area contributed by atoms with Gasteiger partial charge in [-0.3, -0.25) is 0 Å². The molecule has 0 saturated carbocycles. The highest BCUT2D eigenvalue weighted by Gasteiger charge is 2.18. The molecular weight excluding hydrogens is 291 g/mol. The Balaban J connectivity index is 2.56. The van der Waals surface area contributed by atoms with E-state index in [4.69, 9.17) is 5.73 Å². The zero-order valence-electron chi connectivity index (χ0n) is 11.9. The van der Waals surface area contributed by atoms with Gasteiger partial charge >= 0.3 is 0 Å². The molecular formula is C15H17FN2O2S. The van der Waals surface area contributed by atoms with Crippen LogP contribution in [-0.4, -0.2) is 21.2 Å². The summed E-state index contributed by atoms with van der Waals surface area (Å²) >= 11 is 0. The lowest BCUT2D eigenvalue weighted by Gasteiger charge is -2.25. The van der Waals surface area contributed by atoms with E-state index in [1.54, 1.807) is 24.3 Å². The Labute approximate surface area is 123 Å². The van der Waals surface area contributed by atoms with Gasteiger partial charge in [0.1, 0.15) is 5.82 Å². The lowest BCUT2D eigenvalue weighted by Crippen LogP contribution is -2.18. The summed E-state index contributed by atoms with van der Waals surface area (Å²) in [5.41, 5.74) is 7.55. The normalized spacial score (nSPS) is 11.4. The van der Waals surface area contributed by atoms with Gasteiger partial charge in [0.15, 0.2) is 9.84 Å². The minimum atomic E-state index is -3.40. The van der Waals surface area contributed by atoms with Crippen LogP contribution in [0.5, 0.6) is 0 Å². The predicted molar refractivity (Wildman–Crippen MR) is 83.0 cm³/mol. The van der Waals surface area contributed by atoms with E-state index >= 15 is 0 Å². The molecule has 0 radical (unpaired) electrons. The molecule has 6 heteroatoms. The maximum absolute atomic E-state index is 13.0. The van der Waals surface area contributed by atoms with Crippen molar-refractivity contribution in [2.24, 2.45) is 0 Å². The number of halogens is 1. The highest BCUT2D eigenvalue weighted by molar-refractivity contribution is 7.90. The molecule has 0 unspecified atom stereocenters. The molecule has 0 spiro atoms. The highest BCUT2D eigenvalue weighted by Crippen LogP contribution is 2.34. The Morgan fingerprint density at radius 3 is 2.29 bits per heavy atom. The molecule has 2 aromatic rings. The van der Waals surface area contributed by atoms with Crippen LogP contribution < -0.4 is 10.6 Å². The molecule has 0 bridgehead atoms. The van der Waals surface area contributed by atoms with Gasteiger partial charge in [0.05, 0.1) is 16.3 Å². The summed E-state index contributed by atoms with van der Waals surface area (Å²) in [6, 6.07) is 10.8. The van der Waals surface area contributed by atoms with E-state index in [9.17, 15) is 12.8 Å². The third-order valence-electron chi connectivity index (χ3n) is 3.19. The van der Waals surface area contributed by atoms with Crippen molar-refractivity contribution in [1.29, 1.82) is 0 Å². The number of rotatable bonds is 4. The minimum absolute atomic E-state index is 0.0977. The molecule has 2 aromatic carbocycles. The zero-order chi connectivity index (χ0) is 15.6. The second-order valence-corrected chi connectivity index (χ2v) is 6.67. The van der Waals surface area contributed by atoms with Crippen LogP contribution in [0.25, 0.3) is 0 Å². The SMILES string of the molecule is CCN(c1ccc(F)cc1)c1cccc(S(C)(=O)=O)c1N. The molecule has 0 saturated heterocycles. The first-order chi connectivity index (χ1) is 9.84. The van der Waals surface area contributed by atoms with Crippen LogP contribution in [0.4, 0.5) is 21.5 Å². The zero-order valence-corrected chi connectivity index (χ0v) is 12.7. The quantitative estimate of drug-likeness (QED) is 0.882. The smallest absolute Gasteiger partial charge is 0.177 e. The van der Waals surface area contributed by atoms with E-state index in [0.717, 1.165) is 11.9 Å². The second-order valence-electron chi connectivity index (χ2n) is 4.68. The van der Waals surface area contributed by atoms with Crippen molar-refractivity contribution in [3.63, 3.8) is 0 Å². The fourth-order valence-corrected chi connectivity index (χ4v) is 3.03. The highest BCUT2D eigenvalue weighted by atomic mass is 32.2. The maximum Gasteiger partial charge on any atom is 0.177 e. The Morgan fingerprint density at radius 1 is 1.14 bits per heavy atom. The monoisotopic (exact) mass is 308 g/mol. The Morgan fingerprint density at radius 2 is 1.76 bits per heavy atom. The first kappa shape index (κ1) is 15.3. The van der Waals surface area contributed by atoms with E-state index in [2.05, 4.69) is 0 Å². The van der Waals surface area contributed by atoms with Crippen LogP contribution in [0.1, 0.15) is 6.92 Å². The van der Waals surface area contributed by atoms with Crippen LogP contribution in [0.15, 0.2) is 47.4 Å².